The van der Waals surface area contributed by atoms with Crippen LogP contribution in [0.5, 0.6) is 5.75 Å². The molecule has 1 unspecified atom stereocenters. The van der Waals surface area contributed by atoms with Gasteiger partial charge in [-0.05, 0) is 26.8 Å². The maximum Gasteiger partial charge on any atom is 0.257 e. The number of carbonyl (C=O) groups is 1. The molecule has 0 fully saturated rings. The van der Waals surface area contributed by atoms with E-state index in [-0.39, 0.29) is 17.7 Å². The second-order valence-corrected chi connectivity index (χ2v) is 4.96. The number of aromatic amines is 1. The normalized spacial score (nSPS) is 12.2. The quantitative estimate of drug-likeness (QED) is 0.903. The second-order valence-electron chi connectivity index (χ2n) is 4.96. The van der Waals surface area contributed by atoms with E-state index >= 15 is 0 Å². The zero-order valence-corrected chi connectivity index (χ0v) is 12.1. The largest absolute Gasteiger partial charge is 0.508 e. The van der Waals surface area contributed by atoms with Crippen LogP contribution in [0.2, 0.25) is 0 Å². The maximum absolute atomic E-state index is 12.6. The Bertz CT molecular complexity index is 614. The summed E-state index contributed by atoms with van der Waals surface area (Å²) in [6.07, 6.45) is 0. The van der Waals surface area contributed by atoms with Crippen LogP contribution in [-0.4, -0.2) is 33.2 Å². The summed E-state index contributed by atoms with van der Waals surface area (Å²) in [5.41, 5.74) is 2.75. The summed E-state index contributed by atoms with van der Waals surface area (Å²) in [5, 5.41) is 16.8. The Morgan fingerprint density at radius 3 is 2.55 bits per heavy atom. The van der Waals surface area contributed by atoms with Gasteiger partial charge in [0.05, 0.1) is 17.3 Å². The number of aromatic nitrogens is 2. The highest BCUT2D eigenvalue weighted by molar-refractivity contribution is 5.96. The van der Waals surface area contributed by atoms with Crippen molar-refractivity contribution >= 4 is 5.91 Å². The van der Waals surface area contributed by atoms with Gasteiger partial charge < -0.3 is 10.0 Å². The van der Waals surface area contributed by atoms with E-state index in [1.54, 1.807) is 31.0 Å². The standard InChI is InChI=1S/C15H19N3O2/c1-9-14(10(2)17-16-9)15(20)18(4)11(3)12-7-5-6-8-13(12)19/h5-8,11,19H,1-4H3,(H,16,17). The molecule has 106 valence electrons. The van der Waals surface area contributed by atoms with Crippen LogP contribution in [0.15, 0.2) is 24.3 Å². The number of phenols is 1. The van der Waals surface area contributed by atoms with Gasteiger partial charge in [0.2, 0.25) is 0 Å². The van der Waals surface area contributed by atoms with Crippen LogP contribution in [-0.2, 0) is 0 Å². The Morgan fingerprint density at radius 2 is 2.00 bits per heavy atom. The number of nitrogens with zero attached hydrogens (tertiary/aromatic N) is 2. The Hall–Kier alpha value is -2.30. The van der Waals surface area contributed by atoms with Gasteiger partial charge in [0, 0.05) is 18.3 Å². The first-order chi connectivity index (χ1) is 9.43. The predicted molar refractivity (Wildman–Crippen MR) is 76.7 cm³/mol. The number of nitrogens with one attached hydrogen (secondary N) is 1. The number of aryl methyl sites for hydroxylation is 2. The fourth-order valence-electron chi connectivity index (χ4n) is 2.27. The zero-order valence-electron chi connectivity index (χ0n) is 12.1. The van der Waals surface area contributed by atoms with Gasteiger partial charge in [-0.1, -0.05) is 18.2 Å². The molecule has 0 aliphatic carbocycles. The lowest BCUT2D eigenvalue weighted by atomic mass is 10.0. The van der Waals surface area contributed by atoms with E-state index in [0.717, 1.165) is 11.3 Å². The number of hydrogen-bond acceptors (Lipinski definition) is 3. The summed E-state index contributed by atoms with van der Waals surface area (Å²) in [6, 6.07) is 6.82. The molecule has 0 saturated heterocycles. The average Bonchev–Trinajstić information content (AvgIpc) is 2.76. The topological polar surface area (TPSA) is 69.2 Å². The smallest absolute Gasteiger partial charge is 0.257 e. The molecule has 1 amide bonds. The molecule has 1 aromatic heterocycles. The molecule has 2 N–H and O–H groups in total. The van der Waals surface area contributed by atoms with Crippen molar-refractivity contribution in [3.8, 4) is 5.75 Å². The van der Waals surface area contributed by atoms with Crippen molar-refractivity contribution in [3.63, 3.8) is 0 Å². The highest BCUT2D eigenvalue weighted by atomic mass is 16.3. The molecule has 0 spiro atoms. The number of H-pyrrole nitrogens is 1. The molecule has 20 heavy (non-hydrogen) atoms. The zero-order chi connectivity index (χ0) is 14.9. The highest BCUT2D eigenvalue weighted by Crippen LogP contribution is 2.28. The molecular formula is C15H19N3O2. The Balaban J connectivity index is 2.30. The Morgan fingerprint density at radius 1 is 1.35 bits per heavy atom. The van der Waals surface area contributed by atoms with Crippen molar-refractivity contribution in [2.24, 2.45) is 0 Å². The minimum absolute atomic E-state index is 0.107. The van der Waals surface area contributed by atoms with E-state index in [0.29, 0.717) is 11.3 Å². The molecular weight excluding hydrogens is 254 g/mol. The molecule has 0 aliphatic rings. The number of phenolic OH excluding ortho intramolecular Hbond substituents is 1. The van der Waals surface area contributed by atoms with Crippen molar-refractivity contribution in [3.05, 3.63) is 46.8 Å². The predicted octanol–water partition coefficient (Wildman–Crippen LogP) is 2.57. The maximum atomic E-state index is 12.6. The molecule has 2 rings (SSSR count). The number of hydrogen-bond donors (Lipinski definition) is 2. The van der Waals surface area contributed by atoms with Gasteiger partial charge in [-0.2, -0.15) is 5.10 Å². The van der Waals surface area contributed by atoms with Crippen LogP contribution in [0.25, 0.3) is 0 Å². The summed E-state index contributed by atoms with van der Waals surface area (Å²) in [6.45, 7) is 5.51. The fourth-order valence-corrected chi connectivity index (χ4v) is 2.27. The lowest BCUT2D eigenvalue weighted by molar-refractivity contribution is 0.0740. The van der Waals surface area contributed by atoms with Gasteiger partial charge in [0.15, 0.2) is 0 Å². The molecule has 0 radical (unpaired) electrons. The van der Waals surface area contributed by atoms with Gasteiger partial charge in [0.1, 0.15) is 5.75 Å². The van der Waals surface area contributed by atoms with Crippen molar-refractivity contribution in [1.29, 1.82) is 0 Å². The Kier molecular flexibility index (Phi) is 3.79. The fraction of sp³-hybridized carbons (Fsp3) is 0.333. The summed E-state index contributed by atoms with van der Waals surface area (Å²) in [7, 11) is 1.73. The minimum Gasteiger partial charge on any atom is -0.508 e. The number of rotatable bonds is 3. The second kappa shape index (κ2) is 5.36. The molecule has 1 aromatic carbocycles. The van der Waals surface area contributed by atoms with Crippen LogP contribution >= 0.6 is 0 Å². The van der Waals surface area contributed by atoms with E-state index in [1.807, 2.05) is 26.0 Å². The van der Waals surface area contributed by atoms with E-state index in [1.165, 1.54) is 0 Å². The molecule has 5 nitrogen and oxygen atoms in total. The molecule has 0 aliphatic heterocycles. The van der Waals surface area contributed by atoms with Crippen molar-refractivity contribution in [2.75, 3.05) is 7.05 Å². The first kappa shape index (κ1) is 14.1. The van der Waals surface area contributed by atoms with E-state index in [2.05, 4.69) is 10.2 Å². The van der Waals surface area contributed by atoms with Crippen LogP contribution in [0.4, 0.5) is 0 Å². The molecule has 2 aromatic rings. The third-order valence-electron chi connectivity index (χ3n) is 3.63. The number of benzene rings is 1. The van der Waals surface area contributed by atoms with E-state index in [4.69, 9.17) is 0 Å². The first-order valence-corrected chi connectivity index (χ1v) is 6.50. The van der Waals surface area contributed by atoms with Crippen LogP contribution in [0.3, 0.4) is 0 Å². The van der Waals surface area contributed by atoms with Crippen molar-refractivity contribution < 1.29 is 9.90 Å². The van der Waals surface area contributed by atoms with Crippen LogP contribution in [0.1, 0.15) is 40.3 Å². The number of aromatic hydroxyl groups is 1. The Labute approximate surface area is 118 Å². The third kappa shape index (κ3) is 2.39. The number of para-hydroxylation sites is 1. The molecule has 1 atom stereocenters. The first-order valence-electron chi connectivity index (χ1n) is 6.50. The lowest BCUT2D eigenvalue weighted by Crippen LogP contribution is -2.30. The summed E-state index contributed by atoms with van der Waals surface area (Å²) >= 11 is 0. The van der Waals surface area contributed by atoms with Crippen molar-refractivity contribution in [1.82, 2.24) is 15.1 Å². The SMILES string of the molecule is Cc1n[nH]c(C)c1C(=O)N(C)C(C)c1ccccc1O. The molecule has 5 heteroatoms. The average molecular weight is 273 g/mol. The molecule has 1 heterocycles. The van der Waals surface area contributed by atoms with E-state index in [9.17, 15) is 9.90 Å². The molecule has 0 bridgehead atoms. The van der Waals surface area contributed by atoms with Gasteiger partial charge in [0.25, 0.3) is 5.91 Å². The van der Waals surface area contributed by atoms with Gasteiger partial charge in [-0.15, -0.1) is 0 Å². The van der Waals surface area contributed by atoms with Crippen LogP contribution < -0.4 is 0 Å². The number of carbonyl (C=O) groups excluding carboxylic acids is 1. The van der Waals surface area contributed by atoms with Gasteiger partial charge in [-0.3, -0.25) is 9.89 Å². The monoisotopic (exact) mass is 273 g/mol. The van der Waals surface area contributed by atoms with Crippen LogP contribution in [0, 0.1) is 13.8 Å². The van der Waals surface area contributed by atoms with Gasteiger partial charge in [-0.25, -0.2) is 0 Å². The van der Waals surface area contributed by atoms with Crippen molar-refractivity contribution in [2.45, 2.75) is 26.8 Å². The lowest BCUT2D eigenvalue weighted by Gasteiger charge is -2.26. The summed E-state index contributed by atoms with van der Waals surface area (Å²) in [4.78, 5) is 14.2. The minimum atomic E-state index is -0.225. The van der Waals surface area contributed by atoms with Gasteiger partial charge >= 0.3 is 0 Å². The molecule has 0 saturated carbocycles. The number of amides is 1. The third-order valence-corrected chi connectivity index (χ3v) is 3.63. The summed E-state index contributed by atoms with van der Waals surface area (Å²) in [5.74, 6) is 0.0878. The summed E-state index contributed by atoms with van der Waals surface area (Å²) < 4.78 is 0. The highest BCUT2D eigenvalue weighted by Gasteiger charge is 2.24. The van der Waals surface area contributed by atoms with E-state index < -0.39 is 0 Å².